The maximum absolute atomic E-state index is 13.8. The van der Waals surface area contributed by atoms with Gasteiger partial charge >= 0.3 is 6.09 Å². The van der Waals surface area contributed by atoms with E-state index in [4.69, 9.17) is 4.74 Å². The van der Waals surface area contributed by atoms with Crippen molar-refractivity contribution in [2.45, 2.75) is 43.9 Å². The quantitative estimate of drug-likeness (QED) is 0.269. The van der Waals surface area contributed by atoms with Gasteiger partial charge in [-0.25, -0.2) is 9.18 Å². The van der Waals surface area contributed by atoms with Gasteiger partial charge < -0.3 is 30.2 Å². The summed E-state index contributed by atoms with van der Waals surface area (Å²) in [6.45, 7) is 3.17. The molecule has 0 bridgehead atoms. The standard InChI is InChI=1S/C36H42FN7O4/c1-41-20-22-42(23-21-41)35(46)32(39-34(45)28-11-15-30(16-12-28)44-19-17-38-40-44)8-5-18-43(36(47)48-25-26-6-3-2-4-7-26)33-24-31(33)27-9-13-29(37)14-10-27/h2-4,6-7,9-17,19,31-33,38,40H,5,8,18,20-25H2,1H3,(H,39,45)/t31-,32+,33+/m0/s1. The van der Waals surface area contributed by atoms with Gasteiger partial charge in [0.05, 0.1) is 5.69 Å². The summed E-state index contributed by atoms with van der Waals surface area (Å²) < 4.78 is 19.3. The molecule has 3 N–H and O–H groups in total. The molecule has 0 spiro atoms. The first kappa shape index (κ1) is 33.0. The zero-order chi connectivity index (χ0) is 33.5. The van der Waals surface area contributed by atoms with Crippen LogP contribution in [0.2, 0.25) is 0 Å². The summed E-state index contributed by atoms with van der Waals surface area (Å²) in [6, 6.07) is 22.1. The number of anilines is 1. The average Bonchev–Trinajstić information content (AvgIpc) is 3.70. The summed E-state index contributed by atoms with van der Waals surface area (Å²) in [4.78, 5) is 46.4. The van der Waals surface area contributed by atoms with Crippen LogP contribution in [0.1, 0.15) is 46.7 Å². The van der Waals surface area contributed by atoms with Crippen molar-refractivity contribution in [2.75, 3.05) is 44.8 Å². The predicted octanol–water partition coefficient (Wildman–Crippen LogP) is 3.97. The molecule has 3 aromatic rings. The maximum atomic E-state index is 13.8. The van der Waals surface area contributed by atoms with Crippen molar-refractivity contribution in [1.82, 2.24) is 31.0 Å². The van der Waals surface area contributed by atoms with Crippen LogP contribution in [-0.2, 0) is 16.1 Å². The molecular formula is C36H42FN7O4. The highest BCUT2D eigenvalue weighted by molar-refractivity contribution is 5.97. The second kappa shape index (κ2) is 15.3. The fraction of sp³-hybridized carbons (Fsp3) is 0.361. The Labute approximate surface area is 280 Å². The third-order valence-electron chi connectivity index (χ3n) is 9.10. The van der Waals surface area contributed by atoms with E-state index in [-0.39, 0.29) is 36.2 Å². The summed E-state index contributed by atoms with van der Waals surface area (Å²) in [7, 11) is 2.02. The number of nitrogens with zero attached hydrogens (tertiary/aromatic N) is 4. The third kappa shape index (κ3) is 8.31. The minimum atomic E-state index is -0.762. The number of hydrogen-bond acceptors (Lipinski definition) is 8. The van der Waals surface area contributed by atoms with Crippen LogP contribution >= 0.6 is 0 Å². The molecule has 12 heteroatoms. The second-order valence-electron chi connectivity index (χ2n) is 12.5. The Morgan fingerprint density at radius 2 is 1.71 bits per heavy atom. The van der Waals surface area contributed by atoms with Crippen molar-refractivity contribution in [3.8, 4) is 0 Å². The molecule has 2 aliphatic heterocycles. The zero-order valence-corrected chi connectivity index (χ0v) is 27.1. The fourth-order valence-corrected chi connectivity index (χ4v) is 6.18. The number of hydrogen-bond donors (Lipinski definition) is 3. The number of carbonyl (C=O) groups excluding carboxylic acids is 3. The van der Waals surface area contributed by atoms with Gasteiger partial charge in [-0.2, -0.15) is 0 Å². The zero-order valence-electron chi connectivity index (χ0n) is 27.1. The Bertz CT molecular complexity index is 1580. The number of ether oxygens (including phenoxy) is 1. The molecular weight excluding hydrogens is 613 g/mol. The molecule has 0 aromatic heterocycles. The van der Waals surface area contributed by atoms with Crippen molar-refractivity contribution in [3.05, 3.63) is 114 Å². The van der Waals surface area contributed by atoms with E-state index >= 15 is 0 Å². The maximum Gasteiger partial charge on any atom is 0.410 e. The lowest BCUT2D eigenvalue weighted by atomic mass is 10.1. The molecule has 11 nitrogen and oxygen atoms in total. The van der Waals surface area contributed by atoms with Gasteiger partial charge in [-0.05, 0) is 73.8 Å². The molecule has 3 aromatic carbocycles. The Balaban J connectivity index is 1.13. The van der Waals surface area contributed by atoms with E-state index in [9.17, 15) is 18.8 Å². The highest BCUT2D eigenvalue weighted by Crippen LogP contribution is 2.45. The van der Waals surface area contributed by atoms with Crippen molar-refractivity contribution in [3.63, 3.8) is 0 Å². The Morgan fingerprint density at radius 3 is 2.40 bits per heavy atom. The molecule has 0 unspecified atom stereocenters. The molecule has 3 aliphatic rings. The fourth-order valence-electron chi connectivity index (χ4n) is 6.18. The first-order valence-electron chi connectivity index (χ1n) is 16.4. The lowest BCUT2D eigenvalue weighted by Crippen LogP contribution is -2.54. The molecule has 0 radical (unpaired) electrons. The molecule has 1 saturated carbocycles. The van der Waals surface area contributed by atoms with Gasteiger partial charge in [0.1, 0.15) is 18.5 Å². The molecule has 1 aliphatic carbocycles. The van der Waals surface area contributed by atoms with Crippen LogP contribution in [0.15, 0.2) is 91.3 Å². The number of rotatable bonds is 12. The molecule has 2 heterocycles. The predicted molar refractivity (Wildman–Crippen MR) is 180 cm³/mol. The van der Waals surface area contributed by atoms with Gasteiger partial charge in [0, 0.05) is 62.6 Å². The van der Waals surface area contributed by atoms with Crippen LogP contribution in [0, 0.1) is 5.82 Å². The van der Waals surface area contributed by atoms with Crippen LogP contribution in [0.25, 0.3) is 0 Å². The van der Waals surface area contributed by atoms with Crippen LogP contribution in [0.4, 0.5) is 14.9 Å². The third-order valence-corrected chi connectivity index (χ3v) is 9.10. The second-order valence-corrected chi connectivity index (χ2v) is 12.5. The largest absolute Gasteiger partial charge is 0.445 e. The Hall–Kier alpha value is -4.94. The van der Waals surface area contributed by atoms with Crippen LogP contribution in [-0.4, -0.2) is 84.5 Å². The van der Waals surface area contributed by atoms with Gasteiger partial charge in [-0.3, -0.25) is 14.6 Å². The van der Waals surface area contributed by atoms with Gasteiger partial charge in [-0.15, -0.1) is 5.53 Å². The van der Waals surface area contributed by atoms with E-state index in [1.54, 1.807) is 40.4 Å². The van der Waals surface area contributed by atoms with Gasteiger partial charge in [0.25, 0.3) is 5.91 Å². The number of amides is 3. The van der Waals surface area contributed by atoms with Crippen LogP contribution in [0.3, 0.4) is 0 Å². The SMILES string of the molecule is CN1CCN(C(=O)[C@@H](CCCN(C(=O)OCc2ccccc2)[C@@H]2C[C@H]2c2ccc(F)cc2)NC(=O)c2ccc(N3C=CNN3)cc2)CC1. The topological polar surface area (TPSA) is 109 Å². The average molecular weight is 656 g/mol. The minimum Gasteiger partial charge on any atom is -0.445 e. The highest BCUT2D eigenvalue weighted by Gasteiger charge is 2.45. The van der Waals surface area contributed by atoms with Crippen molar-refractivity contribution in [2.24, 2.45) is 0 Å². The summed E-state index contributed by atoms with van der Waals surface area (Å²) >= 11 is 0. The van der Waals surface area contributed by atoms with Gasteiger partial charge in [0.2, 0.25) is 5.91 Å². The van der Waals surface area contributed by atoms with E-state index < -0.39 is 12.1 Å². The number of likely N-dealkylation sites (N-methyl/N-ethyl adjacent to an activating group) is 1. The van der Waals surface area contributed by atoms with Crippen LogP contribution in [0.5, 0.6) is 0 Å². The number of piperazine rings is 1. The van der Waals surface area contributed by atoms with Crippen molar-refractivity contribution in [1.29, 1.82) is 0 Å². The number of hydrazine groups is 2. The van der Waals surface area contributed by atoms with E-state index in [1.165, 1.54) is 12.1 Å². The monoisotopic (exact) mass is 655 g/mol. The van der Waals surface area contributed by atoms with Crippen LogP contribution < -0.4 is 21.3 Å². The van der Waals surface area contributed by atoms with Crippen molar-refractivity contribution >= 4 is 23.6 Å². The van der Waals surface area contributed by atoms with Crippen molar-refractivity contribution < 1.29 is 23.5 Å². The minimum absolute atomic E-state index is 0.0716. The summed E-state index contributed by atoms with van der Waals surface area (Å²) in [5, 5.41) is 4.77. The number of halogens is 1. The van der Waals surface area contributed by atoms with Gasteiger partial charge in [0.15, 0.2) is 0 Å². The van der Waals surface area contributed by atoms with E-state index in [1.807, 2.05) is 60.6 Å². The number of carbonyl (C=O) groups is 3. The summed E-state index contributed by atoms with van der Waals surface area (Å²) in [5.74, 6) is -0.696. The highest BCUT2D eigenvalue weighted by atomic mass is 19.1. The van der Waals surface area contributed by atoms with E-state index in [0.717, 1.165) is 36.3 Å². The number of benzene rings is 3. The Morgan fingerprint density at radius 1 is 0.979 bits per heavy atom. The molecule has 3 amide bonds. The molecule has 3 atom stereocenters. The first-order valence-corrected chi connectivity index (χ1v) is 16.4. The molecule has 2 fully saturated rings. The van der Waals surface area contributed by atoms with E-state index in [0.29, 0.717) is 38.0 Å². The first-order chi connectivity index (χ1) is 23.4. The van der Waals surface area contributed by atoms with Gasteiger partial charge in [-0.1, -0.05) is 42.5 Å². The lowest BCUT2D eigenvalue weighted by Gasteiger charge is -2.35. The molecule has 252 valence electrons. The van der Waals surface area contributed by atoms with E-state index in [2.05, 4.69) is 21.2 Å². The summed E-state index contributed by atoms with van der Waals surface area (Å²) in [5.41, 5.74) is 8.97. The summed E-state index contributed by atoms with van der Waals surface area (Å²) in [6.07, 6.45) is 4.70. The molecule has 6 rings (SSSR count). The number of nitrogens with one attached hydrogen (secondary N) is 3. The molecule has 48 heavy (non-hydrogen) atoms. The molecule has 1 saturated heterocycles. The normalized spacial score (nSPS) is 19.4. The smallest absolute Gasteiger partial charge is 0.410 e. The Kier molecular flexibility index (Phi) is 10.5. The lowest BCUT2D eigenvalue weighted by molar-refractivity contribution is -0.135.